The van der Waals surface area contributed by atoms with Crippen LogP contribution >= 0.6 is 11.3 Å². The van der Waals surface area contributed by atoms with Crippen molar-refractivity contribution in [2.24, 2.45) is 0 Å². The summed E-state index contributed by atoms with van der Waals surface area (Å²) in [5.74, 6) is 1.93. The first-order valence-corrected chi connectivity index (χ1v) is 22.9. The molecular formula is C59H35N3O2S. The van der Waals surface area contributed by atoms with Crippen LogP contribution in [0.2, 0.25) is 0 Å². The van der Waals surface area contributed by atoms with Gasteiger partial charge in [-0.05, 0) is 105 Å². The fourth-order valence-corrected chi connectivity index (χ4v) is 11.5. The Kier molecular flexibility index (Phi) is 7.91. The maximum atomic E-state index is 6.73. The molecule has 0 unspecified atom stereocenters. The molecule has 4 heterocycles. The normalized spacial score (nSPS) is 13.0. The van der Waals surface area contributed by atoms with Crippen LogP contribution in [0.3, 0.4) is 0 Å². The van der Waals surface area contributed by atoms with Crippen molar-refractivity contribution in [1.82, 2.24) is 15.0 Å². The van der Waals surface area contributed by atoms with Gasteiger partial charge in [0.1, 0.15) is 22.3 Å². The Balaban J connectivity index is 0.945. The first kappa shape index (κ1) is 36.3. The highest BCUT2D eigenvalue weighted by Gasteiger charge is 2.23. The number of fused-ring (bicyclic) bond motifs is 11. The van der Waals surface area contributed by atoms with Gasteiger partial charge in [0, 0.05) is 58.4 Å². The molecule has 0 fully saturated rings. The SMILES string of the molecule is c1ccc2c(c1)=C(c1nc(-c3ccc4ccccc4c3)nc(-c3ccc4c(c3)oc3ccccc34)n1)CCC=2c1cccc2oc3cc(-c4cccc5c4sc4ccccc45)ccc3c12. The molecule has 0 amide bonds. The Hall–Kier alpha value is -8.19. The van der Waals surface area contributed by atoms with Gasteiger partial charge in [-0.25, -0.2) is 15.0 Å². The van der Waals surface area contributed by atoms with Gasteiger partial charge in [-0.2, -0.15) is 0 Å². The highest BCUT2D eigenvalue weighted by molar-refractivity contribution is 7.26. The second-order valence-corrected chi connectivity index (χ2v) is 18.0. The summed E-state index contributed by atoms with van der Waals surface area (Å²) >= 11 is 1.85. The van der Waals surface area contributed by atoms with E-state index < -0.39 is 0 Å². The van der Waals surface area contributed by atoms with E-state index in [4.69, 9.17) is 23.8 Å². The number of rotatable bonds is 5. The van der Waals surface area contributed by atoms with Gasteiger partial charge < -0.3 is 8.83 Å². The molecule has 0 N–H and O–H groups in total. The predicted octanol–water partition coefficient (Wildman–Crippen LogP) is 14.4. The number of nitrogens with zero attached hydrogens (tertiary/aromatic N) is 3. The van der Waals surface area contributed by atoms with Gasteiger partial charge in [0.05, 0.1) is 0 Å². The minimum absolute atomic E-state index is 0.609. The molecule has 6 heteroatoms. The molecule has 0 aliphatic heterocycles. The molecule has 1 aliphatic rings. The van der Waals surface area contributed by atoms with Gasteiger partial charge in [-0.15, -0.1) is 11.3 Å². The number of hydrogen-bond donors (Lipinski definition) is 0. The van der Waals surface area contributed by atoms with Crippen molar-refractivity contribution in [2.75, 3.05) is 0 Å². The van der Waals surface area contributed by atoms with Crippen molar-refractivity contribution >= 4 is 97.3 Å². The van der Waals surface area contributed by atoms with E-state index in [-0.39, 0.29) is 0 Å². The smallest absolute Gasteiger partial charge is 0.164 e. The zero-order chi connectivity index (χ0) is 42.6. The van der Waals surface area contributed by atoms with Crippen LogP contribution in [0.25, 0.3) is 120 Å². The van der Waals surface area contributed by atoms with Crippen LogP contribution < -0.4 is 10.4 Å². The third-order valence-electron chi connectivity index (χ3n) is 13.3. The van der Waals surface area contributed by atoms with E-state index in [1.54, 1.807) is 0 Å². The maximum Gasteiger partial charge on any atom is 0.164 e. The summed E-state index contributed by atoms with van der Waals surface area (Å²) in [6.45, 7) is 0. The Morgan fingerprint density at radius 3 is 1.86 bits per heavy atom. The lowest BCUT2D eigenvalue weighted by Gasteiger charge is -2.18. The van der Waals surface area contributed by atoms with Crippen molar-refractivity contribution < 1.29 is 8.83 Å². The van der Waals surface area contributed by atoms with Crippen molar-refractivity contribution in [2.45, 2.75) is 12.8 Å². The van der Waals surface area contributed by atoms with Crippen molar-refractivity contribution in [1.29, 1.82) is 0 Å². The zero-order valence-corrected chi connectivity index (χ0v) is 35.7. The first-order chi connectivity index (χ1) is 32.2. The number of furan rings is 2. The van der Waals surface area contributed by atoms with E-state index in [1.807, 2.05) is 29.5 Å². The van der Waals surface area contributed by atoms with E-state index >= 15 is 0 Å². The second-order valence-electron chi connectivity index (χ2n) is 17.0. The van der Waals surface area contributed by atoms with E-state index in [9.17, 15) is 0 Å². The predicted molar refractivity (Wildman–Crippen MR) is 267 cm³/mol. The number of aromatic nitrogens is 3. The average molecular weight is 850 g/mol. The van der Waals surface area contributed by atoms with Crippen LogP contribution in [0.15, 0.2) is 197 Å². The van der Waals surface area contributed by atoms with Gasteiger partial charge in [-0.3, -0.25) is 0 Å². The quantitative estimate of drug-likeness (QED) is 0.173. The van der Waals surface area contributed by atoms with Crippen LogP contribution in [0, 0.1) is 0 Å². The molecule has 1 aliphatic carbocycles. The van der Waals surface area contributed by atoms with Crippen LogP contribution in [0.1, 0.15) is 24.2 Å². The summed E-state index contributed by atoms with van der Waals surface area (Å²) in [4.78, 5) is 15.8. The summed E-state index contributed by atoms with van der Waals surface area (Å²) in [6.07, 6.45) is 1.56. The minimum Gasteiger partial charge on any atom is -0.456 e. The van der Waals surface area contributed by atoms with Crippen LogP contribution in [-0.2, 0) is 0 Å². The van der Waals surface area contributed by atoms with Crippen molar-refractivity contribution in [3.8, 4) is 33.9 Å². The Morgan fingerprint density at radius 1 is 0.369 bits per heavy atom. The third kappa shape index (κ3) is 5.74. The molecule has 0 atom stereocenters. The number of hydrogen-bond acceptors (Lipinski definition) is 6. The van der Waals surface area contributed by atoms with Crippen LogP contribution in [0.4, 0.5) is 0 Å². The molecule has 0 radical (unpaired) electrons. The average Bonchev–Trinajstić information content (AvgIpc) is 4.06. The lowest BCUT2D eigenvalue weighted by Crippen LogP contribution is -2.33. The first-order valence-electron chi connectivity index (χ1n) is 22.0. The largest absolute Gasteiger partial charge is 0.456 e. The number of benzene rings is 9. The monoisotopic (exact) mass is 849 g/mol. The number of para-hydroxylation sites is 1. The topological polar surface area (TPSA) is 65.0 Å². The molecule has 5 nitrogen and oxygen atoms in total. The van der Waals surface area contributed by atoms with E-state index in [0.717, 1.165) is 89.6 Å². The second kappa shape index (κ2) is 14.2. The van der Waals surface area contributed by atoms with Gasteiger partial charge in [-0.1, -0.05) is 140 Å². The van der Waals surface area contributed by atoms with Gasteiger partial charge in [0.15, 0.2) is 17.5 Å². The number of thiophene rings is 1. The van der Waals surface area contributed by atoms with Gasteiger partial charge in [0.2, 0.25) is 0 Å². The highest BCUT2D eigenvalue weighted by atomic mass is 32.1. The molecule has 0 bridgehead atoms. The highest BCUT2D eigenvalue weighted by Crippen LogP contribution is 2.43. The third-order valence-corrected chi connectivity index (χ3v) is 14.5. The summed E-state index contributed by atoms with van der Waals surface area (Å²) < 4.78 is 15.7. The summed E-state index contributed by atoms with van der Waals surface area (Å²) in [6, 6.07) is 66.5. The molecule has 14 rings (SSSR count). The molecule has 9 aromatic carbocycles. The Labute approximate surface area is 375 Å². The maximum absolute atomic E-state index is 6.73. The summed E-state index contributed by atoms with van der Waals surface area (Å²) in [5.41, 5.74) is 11.2. The Morgan fingerprint density at radius 2 is 0.954 bits per heavy atom. The molecule has 13 aromatic rings. The fraction of sp³-hybridized carbons (Fsp3) is 0.0339. The zero-order valence-electron chi connectivity index (χ0n) is 34.9. The van der Waals surface area contributed by atoms with Gasteiger partial charge >= 0.3 is 0 Å². The fourth-order valence-electron chi connectivity index (χ4n) is 10.2. The molecule has 65 heavy (non-hydrogen) atoms. The molecular weight excluding hydrogens is 815 g/mol. The van der Waals surface area contributed by atoms with Crippen LogP contribution in [-0.4, -0.2) is 15.0 Å². The summed E-state index contributed by atoms with van der Waals surface area (Å²) in [7, 11) is 0. The minimum atomic E-state index is 0.609. The van der Waals surface area contributed by atoms with Crippen molar-refractivity contribution in [3.63, 3.8) is 0 Å². The van der Waals surface area contributed by atoms with Crippen molar-refractivity contribution in [3.05, 3.63) is 210 Å². The van der Waals surface area contributed by atoms with Gasteiger partial charge in [0.25, 0.3) is 0 Å². The molecule has 0 saturated carbocycles. The van der Waals surface area contributed by atoms with E-state index in [1.165, 1.54) is 47.5 Å². The van der Waals surface area contributed by atoms with E-state index in [0.29, 0.717) is 17.5 Å². The lowest BCUT2D eigenvalue weighted by atomic mass is 9.87. The van der Waals surface area contributed by atoms with Crippen LogP contribution in [0.5, 0.6) is 0 Å². The lowest BCUT2D eigenvalue weighted by molar-refractivity contribution is 0.668. The molecule has 304 valence electrons. The molecule has 0 spiro atoms. The van der Waals surface area contributed by atoms with E-state index in [2.05, 4.69) is 170 Å². The summed E-state index contributed by atoms with van der Waals surface area (Å²) in [5, 5.41) is 11.6. The molecule has 4 aromatic heterocycles. The molecule has 0 saturated heterocycles. The standard InChI is InChI=1S/C59H35N3O2S/c1-2-12-35-31-37(24-23-34(35)11-1)57-60-58(38-26-27-44-43-15-5-7-20-50(43)63-52(44)33-38)62-59(61-57)48-30-29-42(40-13-3-4-14-41(40)48)46-18-10-21-51-55(46)49-28-25-36(32-53(49)64-51)39-17-9-19-47-45-16-6-8-22-54(45)65-56(39)47/h1-28,31-33H,29-30H2. The Bertz CT molecular complexity index is 4270.